The van der Waals surface area contributed by atoms with E-state index in [-0.39, 0.29) is 18.4 Å². The minimum absolute atomic E-state index is 0.0504. The Morgan fingerprint density at radius 2 is 1.52 bits per heavy atom. The van der Waals surface area contributed by atoms with Gasteiger partial charge in [0.2, 0.25) is 0 Å². The van der Waals surface area contributed by atoms with Gasteiger partial charge < -0.3 is 4.74 Å². The van der Waals surface area contributed by atoms with Crippen molar-refractivity contribution in [3.05, 3.63) is 34.9 Å². The van der Waals surface area contributed by atoms with E-state index in [2.05, 4.69) is 0 Å². The fraction of sp³-hybridized carbons (Fsp3) is 0.533. The molecule has 1 aliphatic carbocycles. The first kappa shape index (κ1) is 17.6. The molecule has 0 bridgehead atoms. The normalized spacial score (nSPS) is 18.0. The standard InChI is InChI=1S/C15H14F6O2/c1-9(22)23-13(6-2-3-7-13)10-4-5-11(14(16,17)18)12(8-10)15(19,20)21/h4-5,8H,2-3,6-7H2,1H3. The highest BCUT2D eigenvalue weighted by Gasteiger charge is 2.46. The van der Waals surface area contributed by atoms with E-state index in [9.17, 15) is 31.1 Å². The molecule has 0 amide bonds. The largest absolute Gasteiger partial charge is 0.454 e. The summed E-state index contributed by atoms with van der Waals surface area (Å²) in [5.41, 5.74) is -4.84. The predicted molar refractivity (Wildman–Crippen MR) is 68.4 cm³/mol. The summed E-state index contributed by atoms with van der Waals surface area (Å²) in [7, 11) is 0. The molecule has 8 heteroatoms. The van der Waals surface area contributed by atoms with Gasteiger partial charge in [0.25, 0.3) is 0 Å². The van der Waals surface area contributed by atoms with Crippen molar-refractivity contribution < 1.29 is 35.9 Å². The van der Waals surface area contributed by atoms with Gasteiger partial charge in [-0.05, 0) is 43.4 Å². The van der Waals surface area contributed by atoms with Gasteiger partial charge in [-0.15, -0.1) is 0 Å². The summed E-state index contributed by atoms with van der Waals surface area (Å²) in [5.74, 6) is -0.680. The molecule has 0 aromatic heterocycles. The molecule has 0 atom stereocenters. The first-order chi connectivity index (χ1) is 10.5. The molecule has 2 rings (SSSR count). The van der Waals surface area contributed by atoms with Gasteiger partial charge in [0, 0.05) is 6.92 Å². The second-order valence-electron chi connectivity index (χ2n) is 5.55. The van der Waals surface area contributed by atoms with Crippen molar-refractivity contribution in [1.82, 2.24) is 0 Å². The SMILES string of the molecule is CC(=O)OC1(c2ccc(C(F)(F)F)c(C(F)(F)F)c2)CCCC1. The van der Waals surface area contributed by atoms with Crippen LogP contribution >= 0.6 is 0 Å². The maximum atomic E-state index is 13.0. The molecular formula is C15H14F6O2. The van der Waals surface area contributed by atoms with E-state index in [0.29, 0.717) is 25.0 Å². The zero-order valence-electron chi connectivity index (χ0n) is 12.1. The summed E-state index contributed by atoms with van der Waals surface area (Å²) < 4.78 is 82.7. The van der Waals surface area contributed by atoms with Gasteiger partial charge in [-0.3, -0.25) is 4.79 Å². The zero-order valence-corrected chi connectivity index (χ0v) is 12.1. The average molecular weight is 340 g/mol. The molecule has 2 nitrogen and oxygen atoms in total. The van der Waals surface area contributed by atoms with E-state index in [1.165, 1.54) is 0 Å². The number of rotatable bonds is 2. The molecular weight excluding hydrogens is 326 g/mol. The van der Waals surface area contributed by atoms with Gasteiger partial charge in [0.15, 0.2) is 0 Å². The lowest BCUT2D eigenvalue weighted by molar-refractivity contribution is -0.163. The predicted octanol–water partition coefficient (Wildman–Crippen LogP) is 5.06. The third-order valence-corrected chi connectivity index (χ3v) is 3.91. The van der Waals surface area contributed by atoms with Crippen LogP contribution in [0.25, 0.3) is 0 Å². The third kappa shape index (κ3) is 3.61. The van der Waals surface area contributed by atoms with Crippen LogP contribution in [-0.4, -0.2) is 5.97 Å². The van der Waals surface area contributed by atoms with Crippen molar-refractivity contribution in [3.8, 4) is 0 Å². The van der Waals surface area contributed by atoms with Crippen LogP contribution in [0.2, 0.25) is 0 Å². The molecule has 1 fully saturated rings. The van der Waals surface area contributed by atoms with Crippen molar-refractivity contribution in [2.75, 3.05) is 0 Å². The van der Waals surface area contributed by atoms with Gasteiger partial charge in [-0.2, -0.15) is 26.3 Å². The van der Waals surface area contributed by atoms with Crippen LogP contribution in [-0.2, 0) is 27.5 Å². The van der Waals surface area contributed by atoms with Gasteiger partial charge in [0.05, 0.1) is 11.1 Å². The van der Waals surface area contributed by atoms with Crippen molar-refractivity contribution >= 4 is 5.97 Å². The number of halogens is 6. The van der Waals surface area contributed by atoms with Crippen molar-refractivity contribution in [3.63, 3.8) is 0 Å². The summed E-state index contributed by atoms with van der Waals surface area (Å²) in [6.07, 6.45) is -8.46. The second-order valence-corrected chi connectivity index (χ2v) is 5.55. The summed E-state index contributed by atoms with van der Waals surface area (Å²) in [6, 6.07) is 1.82. The van der Waals surface area contributed by atoms with E-state index in [4.69, 9.17) is 4.74 Å². The highest BCUT2D eigenvalue weighted by atomic mass is 19.4. The number of carbonyl (C=O) groups excluding carboxylic acids is 1. The van der Waals surface area contributed by atoms with Crippen molar-refractivity contribution in [2.24, 2.45) is 0 Å². The smallest absolute Gasteiger partial charge is 0.417 e. The van der Waals surface area contributed by atoms with E-state index in [1.807, 2.05) is 0 Å². The molecule has 0 radical (unpaired) electrons. The number of esters is 1. The Hall–Kier alpha value is -1.73. The minimum atomic E-state index is -5.16. The highest BCUT2D eigenvalue weighted by molar-refractivity contribution is 5.67. The van der Waals surface area contributed by atoms with E-state index >= 15 is 0 Å². The molecule has 128 valence electrons. The Labute approximate surface area is 128 Å². The van der Waals surface area contributed by atoms with Crippen LogP contribution in [0.1, 0.15) is 49.3 Å². The van der Waals surface area contributed by atoms with Crippen LogP contribution < -0.4 is 0 Å². The van der Waals surface area contributed by atoms with E-state index in [1.54, 1.807) is 0 Å². The Morgan fingerprint density at radius 1 is 1.00 bits per heavy atom. The van der Waals surface area contributed by atoms with Crippen LogP contribution in [0, 0.1) is 0 Å². The number of hydrogen-bond acceptors (Lipinski definition) is 2. The molecule has 0 saturated heterocycles. The fourth-order valence-electron chi connectivity index (χ4n) is 2.98. The number of hydrogen-bond donors (Lipinski definition) is 0. The molecule has 0 spiro atoms. The van der Waals surface area contributed by atoms with Crippen LogP contribution in [0.3, 0.4) is 0 Å². The summed E-state index contributed by atoms with van der Waals surface area (Å²) in [6.45, 7) is 1.12. The Balaban J connectivity index is 2.58. The molecule has 0 aliphatic heterocycles. The maximum absolute atomic E-state index is 13.0. The number of carbonyl (C=O) groups is 1. The average Bonchev–Trinajstić information content (AvgIpc) is 2.85. The lowest BCUT2D eigenvalue weighted by atomic mass is 9.88. The molecule has 1 saturated carbocycles. The monoisotopic (exact) mass is 340 g/mol. The van der Waals surface area contributed by atoms with Gasteiger partial charge in [0.1, 0.15) is 5.60 Å². The minimum Gasteiger partial charge on any atom is -0.454 e. The van der Waals surface area contributed by atoms with Gasteiger partial charge in [-0.1, -0.05) is 6.07 Å². The van der Waals surface area contributed by atoms with Crippen molar-refractivity contribution in [2.45, 2.75) is 50.6 Å². The molecule has 0 unspecified atom stereocenters. The summed E-state index contributed by atoms with van der Waals surface area (Å²) in [5, 5.41) is 0. The highest BCUT2D eigenvalue weighted by Crippen LogP contribution is 2.46. The zero-order chi connectivity index (χ0) is 17.5. The van der Waals surface area contributed by atoms with Crippen molar-refractivity contribution in [1.29, 1.82) is 0 Å². The van der Waals surface area contributed by atoms with E-state index < -0.39 is 35.0 Å². The van der Waals surface area contributed by atoms with Gasteiger partial charge >= 0.3 is 18.3 Å². The number of ether oxygens (including phenoxy) is 1. The number of benzene rings is 1. The van der Waals surface area contributed by atoms with Gasteiger partial charge in [-0.25, -0.2) is 0 Å². The molecule has 1 aromatic carbocycles. The maximum Gasteiger partial charge on any atom is 0.417 e. The topological polar surface area (TPSA) is 26.3 Å². The molecule has 0 N–H and O–H groups in total. The number of alkyl halides is 6. The first-order valence-corrected chi connectivity index (χ1v) is 6.94. The Bertz CT molecular complexity index is 597. The fourth-order valence-corrected chi connectivity index (χ4v) is 2.98. The second kappa shape index (κ2) is 5.72. The van der Waals surface area contributed by atoms with Crippen LogP contribution in [0.4, 0.5) is 26.3 Å². The van der Waals surface area contributed by atoms with E-state index in [0.717, 1.165) is 13.0 Å². The Kier molecular flexibility index (Phi) is 4.38. The molecule has 1 aromatic rings. The molecule has 0 heterocycles. The quantitative estimate of drug-likeness (QED) is 0.556. The lowest BCUT2D eigenvalue weighted by Crippen LogP contribution is -2.29. The molecule has 23 heavy (non-hydrogen) atoms. The summed E-state index contributed by atoms with van der Waals surface area (Å²) >= 11 is 0. The summed E-state index contributed by atoms with van der Waals surface area (Å²) in [4.78, 5) is 11.3. The Morgan fingerprint density at radius 3 is 1.96 bits per heavy atom. The third-order valence-electron chi connectivity index (χ3n) is 3.91. The lowest BCUT2D eigenvalue weighted by Gasteiger charge is -2.30. The van der Waals surface area contributed by atoms with Crippen LogP contribution in [0.5, 0.6) is 0 Å². The van der Waals surface area contributed by atoms with Crippen LogP contribution in [0.15, 0.2) is 18.2 Å². The molecule has 1 aliphatic rings. The first-order valence-electron chi connectivity index (χ1n) is 6.94.